The van der Waals surface area contributed by atoms with E-state index in [1.54, 1.807) is 0 Å². The van der Waals surface area contributed by atoms with Crippen molar-refractivity contribution < 1.29 is 0 Å². The summed E-state index contributed by atoms with van der Waals surface area (Å²) in [5.74, 6) is 1.04. The SMILES string of the molecule is Cc1ccc(-c2[nH]nc3c2CCCCN3)cc1. The van der Waals surface area contributed by atoms with Crippen LogP contribution < -0.4 is 5.32 Å². The van der Waals surface area contributed by atoms with Crippen molar-refractivity contribution in [2.45, 2.75) is 26.2 Å². The number of H-pyrrole nitrogens is 1. The summed E-state index contributed by atoms with van der Waals surface area (Å²) in [7, 11) is 0. The van der Waals surface area contributed by atoms with Gasteiger partial charge in [0.1, 0.15) is 0 Å². The lowest BCUT2D eigenvalue weighted by Crippen LogP contribution is -1.99. The molecule has 3 nitrogen and oxygen atoms in total. The number of aromatic amines is 1. The van der Waals surface area contributed by atoms with Crippen LogP contribution in [-0.2, 0) is 6.42 Å². The van der Waals surface area contributed by atoms with Crippen molar-refractivity contribution in [3.05, 3.63) is 35.4 Å². The number of fused-ring (bicyclic) bond motifs is 1. The van der Waals surface area contributed by atoms with Crippen LogP contribution in [0.5, 0.6) is 0 Å². The fourth-order valence-corrected chi connectivity index (χ4v) is 2.35. The fourth-order valence-electron chi connectivity index (χ4n) is 2.35. The summed E-state index contributed by atoms with van der Waals surface area (Å²) < 4.78 is 0. The minimum atomic E-state index is 1.03. The van der Waals surface area contributed by atoms with Crippen LogP contribution in [0.2, 0.25) is 0 Å². The van der Waals surface area contributed by atoms with Gasteiger partial charge in [-0.3, -0.25) is 5.10 Å². The van der Waals surface area contributed by atoms with E-state index in [9.17, 15) is 0 Å². The number of nitrogens with zero attached hydrogens (tertiary/aromatic N) is 1. The zero-order valence-corrected chi connectivity index (χ0v) is 10.1. The Morgan fingerprint density at radius 2 is 1.94 bits per heavy atom. The van der Waals surface area contributed by atoms with Crippen molar-refractivity contribution in [2.75, 3.05) is 11.9 Å². The smallest absolute Gasteiger partial charge is 0.151 e. The number of rotatable bonds is 1. The van der Waals surface area contributed by atoms with Crippen LogP contribution in [0.25, 0.3) is 11.3 Å². The first-order valence-electron chi connectivity index (χ1n) is 6.23. The van der Waals surface area contributed by atoms with Gasteiger partial charge in [-0.05, 0) is 31.7 Å². The molecule has 2 aromatic rings. The van der Waals surface area contributed by atoms with Crippen LogP contribution in [0.3, 0.4) is 0 Å². The van der Waals surface area contributed by atoms with Crippen LogP contribution >= 0.6 is 0 Å². The molecule has 0 aliphatic carbocycles. The molecule has 0 spiro atoms. The third-order valence-electron chi connectivity index (χ3n) is 3.35. The van der Waals surface area contributed by atoms with Gasteiger partial charge in [-0.1, -0.05) is 29.8 Å². The first-order valence-corrected chi connectivity index (χ1v) is 6.23. The summed E-state index contributed by atoms with van der Waals surface area (Å²) in [4.78, 5) is 0. The molecule has 0 fully saturated rings. The van der Waals surface area contributed by atoms with Gasteiger partial charge in [0.15, 0.2) is 5.82 Å². The van der Waals surface area contributed by atoms with E-state index in [1.165, 1.54) is 35.2 Å². The topological polar surface area (TPSA) is 40.7 Å². The van der Waals surface area contributed by atoms with Gasteiger partial charge in [-0.25, -0.2) is 0 Å². The lowest BCUT2D eigenvalue weighted by atomic mass is 10.0. The molecule has 0 saturated carbocycles. The minimum Gasteiger partial charge on any atom is -0.368 e. The normalized spacial score (nSPS) is 14.9. The van der Waals surface area contributed by atoms with E-state index in [0.717, 1.165) is 18.8 Å². The maximum atomic E-state index is 4.38. The molecular weight excluding hydrogens is 210 g/mol. The quantitative estimate of drug-likeness (QED) is 0.785. The lowest BCUT2D eigenvalue weighted by molar-refractivity contribution is 0.783. The van der Waals surface area contributed by atoms with Crippen LogP contribution in [0, 0.1) is 6.92 Å². The van der Waals surface area contributed by atoms with Gasteiger partial charge in [-0.15, -0.1) is 0 Å². The van der Waals surface area contributed by atoms with Crippen molar-refractivity contribution >= 4 is 5.82 Å². The third-order valence-corrected chi connectivity index (χ3v) is 3.35. The summed E-state index contributed by atoms with van der Waals surface area (Å²) in [5.41, 5.74) is 5.03. The number of aryl methyl sites for hydroxylation is 1. The Morgan fingerprint density at radius 1 is 1.12 bits per heavy atom. The maximum Gasteiger partial charge on any atom is 0.151 e. The Morgan fingerprint density at radius 3 is 2.76 bits per heavy atom. The summed E-state index contributed by atoms with van der Waals surface area (Å²) in [5, 5.41) is 10.9. The Labute approximate surface area is 101 Å². The highest BCUT2D eigenvalue weighted by Crippen LogP contribution is 2.29. The number of nitrogens with one attached hydrogen (secondary N) is 2. The second-order valence-electron chi connectivity index (χ2n) is 4.68. The molecule has 0 bridgehead atoms. The van der Waals surface area contributed by atoms with Crippen molar-refractivity contribution in [3.63, 3.8) is 0 Å². The first-order chi connectivity index (χ1) is 8.34. The Kier molecular flexibility index (Phi) is 2.59. The Balaban J connectivity index is 2.03. The standard InChI is InChI=1S/C14H17N3/c1-10-5-7-11(8-6-10)13-12-4-2-3-9-15-14(12)17-16-13/h5-8H,2-4,9H2,1H3,(H2,15,16,17). The van der Waals surface area contributed by atoms with E-state index < -0.39 is 0 Å². The zero-order chi connectivity index (χ0) is 11.7. The predicted molar refractivity (Wildman–Crippen MR) is 70.2 cm³/mol. The molecule has 1 aromatic carbocycles. The number of anilines is 1. The fraction of sp³-hybridized carbons (Fsp3) is 0.357. The van der Waals surface area contributed by atoms with Gasteiger partial charge in [-0.2, -0.15) is 5.10 Å². The number of hydrogen-bond donors (Lipinski definition) is 2. The summed E-state index contributed by atoms with van der Waals surface area (Å²) >= 11 is 0. The van der Waals surface area contributed by atoms with E-state index in [1.807, 2.05) is 0 Å². The van der Waals surface area contributed by atoms with Crippen molar-refractivity contribution in [3.8, 4) is 11.3 Å². The molecule has 3 heteroatoms. The number of aromatic nitrogens is 2. The van der Waals surface area contributed by atoms with Crippen LogP contribution in [-0.4, -0.2) is 16.7 Å². The summed E-state index contributed by atoms with van der Waals surface area (Å²) in [6, 6.07) is 8.61. The summed E-state index contributed by atoms with van der Waals surface area (Å²) in [6.07, 6.45) is 3.57. The monoisotopic (exact) mass is 227 g/mol. The average molecular weight is 227 g/mol. The predicted octanol–water partition coefficient (Wildman–Crippen LogP) is 3.13. The molecule has 17 heavy (non-hydrogen) atoms. The first kappa shape index (κ1) is 10.4. The van der Waals surface area contributed by atoms with Crippen LogP contribution in [0.1, 0.15) is 24.0 Å². The van der Waals surface area contributed by atoms with Gasteiger partial charge in [0.05, 0.1) is 5.69 Å². The number of benzene rings is 1. The second-order valence-corrected chi connectivity index (χ2v) is 4.68. The van der Waals surface area contributed by atoms with Gasteiger partial charge < -0.3 is 5.32 Å². The molecule has 2 N–H and O–H groups in total. The molecule has 1 aliphatic heterocycles. The average Bonchev–Trinajstić information content (AvgIpc) is 2.60. The van der Waals surface area contributed by atoms with Crippen molar-refractivity contribution in [1.82, 2.24) is 10.2 Å². The van der Waals surface area contributed by atoms with Crippen molar-refractivity contribution in [1.29, 1.82) is 0 Å². The maximum absolute atomic E-state index is 4.38. The van der Waals surface area contributed by atoms with E-state index >= 15 is 0 Å². The number of hydrogen-bond acceptors (Lipinski definition) is 2. The van der Waals surface area contributed by atoms with Gasteiger partial charge in [0, 0.05) is 12.1 Å². The Hall–Kier alpha value is -1.77. The lowest BCUT2D eigenvalue weighted by Gasteiger charge is -2.03. The van der Waals surface area contributed by atoms with Gasteiger partial charge in [0.25, 0.3) is 0 Å². The molecule has 0 saturated heterocycles. The molecule has 88 valence electrons. The van der Waals surface area contributed by atoms with E-state index in [4.69, 9.17) is 0 Å². The van der Waals surface area contributed by atoms with E-state index in [0.29, 0.717) is 0 Å². The highest BCUT2D eigenvalue weighted by molar-refractivity contribution is 5.69. The highest BCUT2D eigenvalue weighted by atomic mass is 15.2. The molecule has 0 atom stereocenters. The molecule has 0 radical (unpaired) electrons. The van der Waals surface area contributed by atoms with Crippen molar-refractivity contribution in [2.24, 2.45) is 0 Å². The molecule has 3 rings (SSSR count). The van der Waals surface area contributed by atoms with E-state index in [2.05, 4.69) is 46.7 Å². The van der Waals surface area contributed by atoms with E-state index in [-0.39, 0.29) is 0 Å². The third kappa shape index (κ3) is 1.93. The Bertz CT molecular complexity index is 511. The van der Waals surface area contributed by atoms with Gasteiger partial charge in [0.2, 0.25) is 0 Å². The largest absolute Gasteiger partial charge is 0.368 e. The molecule has 2 heterocycles. The molecule has 1 aliphatic rings. The van der Waals surface area contributed by atoms with Crippen LogP contribution in [0.4, 0.5) is 5.82 Å². The molecule has 0 amide bonds. The highest BCUT2D eigenvalue weighted by Gasteiger charge is 2.16. The molecular formula is C14H17N3. The molecule has 0 unspecified atom stereocenters. The summed E-state index contributed by atoms with van der Waals surface area (Å²) in [6.45, 7) is 3.14. The van der Waals surface area contributed by atoms with Gasteiger partial charge >= 0.3 is 0 Å². The minimum absolute atomic E-state index is 1.03. The zero-order valence-electron chi connectivity index (χ0n) is 10.1. The van der Waals surface area contributed by atoms with Crippen LogP contribution in [0.15, 0.2) is 24.3 Å². The molecule has 1 aromatic heterocycles. The second kappa shape index (κ2) is 4.24.